The standard InChI is InChI=1S/C21H18BrClF3N5O2S/c1-31-17(8-9-27-19(33)12-2-5-14(22)6-3-12)29-30-20(31)34-11-18(32)28-16-10-13(21(24,25)26)4-7-15(16)23/h2-7,10H,8-9,11H2,1H3,(H,27,33)(H,28,32). The van der Waals surface area contributed by atoms with Crippen LogP contribution in [0, 0.1) is 0 Å². The zero-order valence-electron chi connectivity index (χ0n) is 17.6. The van der Waals surface area contributed by atoms with Gasteiger partial charge in [-0.15, -0.1) is 10.2 Å². The summed E-state index contributed by atoms with van der Waals surface area (Å²) in [4.78, 5) is 24.4. The third kappa shape index (κ3) is 6.97. The third-order valence-electron chi connectivity index (χ3n) is 4.57. The second-order valence-corrected chi connectivity index (χ2v) is 9.27. The lowest BCUT2D eigenvalue weighted by Crippen LogP contribution is -2.26. The SMILES string of the molecule is Cn1c(CCNC(=O)c2ccc(Br)cc2)nnc1SCC(=O)Nc1cc(C(F)(F)F)ccc1Cl. The maximum atomic E-state index is 12.9. The number of alkyl halides is 3. The zero-order valence-corrected chi connectivity index (χ0v) is 20.8. The topological polar surface area (TPSA) is 88.9 Å². The van der Waals surface area contributed by atoms with Gasteiger partial charge in [-0.2, -0.15) is 13.2 Å². The van der Waals surface area contributed by atoms with E-state index in [-0.39, 0.29) is 22.4 Å². The highest BCUT2D eigenvalue weighted by molar-refractivity contribution is 9.10. The van der Waals surface area contributed by atoms with Crippen LogP contribution in [-0.4, -0.2) is 38.9 Å². The molecule has 0 saturated carbocycles. The number of halogens is 5. The van der Waals surface area contributed by atoms with Gasteiger partial charge >= 0.3 is 6.18 Å². The Bertz CT molecular complexity index is 1190. The number of benzene rings is 2. The molecule has 2 amide bonds. The number of carbonyl (C=O) groups excluding carboxylic acids is 2. The van der Waals surface area contributed by atoms with E-state index in [0.29, 0.717) is 29.5 Å². The van der Waals surface area contributed by atoms with Crippen LogP contribution in [0.4, 0.5) is 18.9 Å². The summed E-state index contributed by atoms with van der Waals surface area (Å²) in [5, 5.41) is 13.7. The molecule has 2 aromatic carbocycles. The Morgan fingerprint density at radius 2 is 1.85 bits per heavy atom. The molecule has 0 atom stereocenters. The second-order valence-electron chi connectivity index (χ2n) is 7.00. The van der Waals surface area contributed by atoms with E-state index >= 15 is 0 Å². The lowest BCUT2D eigenvalue weighted by atomic mass is 10.2. The molecule has 0 bridgehead atoms. The van der Waals surface area contributed by atoms with E-state index in [1.165, 1.54) is 0 Å². The normalized spacial score (nSPS) is 11.4. The van der Waals surface area contributed by atoms with Crippen molar-refractivity contribution in [2.24, 2.45) is 7.05 Å². The Balaban J connectivity index is 1.51. The summed E-state index contributed by atoms with van der Waals surface area (Å²) in [6.07, 6.45) is -4.13. The summed E-state index contributed by atoms with van der Waals surface area (Å²) in [5.74, 6) is -0.273. The fourth-order valence-electron chi connectivity index (χ4n) is 2.79. The summed E-state index contributed by atoms with van der Waals surface area (Å²) in [7, 11) is 1.72. The monoisotopic (exact) mass is 575 g/mol. The van der Waals surface area contributed by atoms with Crippen molar-refractivity contribution in [1.82, 2.24) is 20.1 Å². The predicted molar refractivity (Wildman–Crippen MR) is 127 cm³/mol. The largest absolute Gasteiger partial charge is 0.416 e. The van der Waals surface area contributed by atoms with Gasteiger partial charge in [0.25, 0.3) is 5.91 Å². The Kier molecular flexibility index (Phi) is 8.61. The molecule has 0 fully saturated rings. The first-order valence-electron chi connectivity index (χ1n) is 9.76. The molecule has 0 unspecified atom stereocenters. The average molecular weight is 577 g/mol. The number of hydrogen-bond acceptors (Lipinski definition) is 5. The molecule has 180 valence electrons. The van der Waals surface area contributed by atoms with Gasteiger partial charge in [-0.3, -0.25) is 9.59 Å². The molecule has 0 aliphatic rings. The van der Waals surface area contributed by atoms with Crippen molar-refractivity contribution in [2.75, 3.05) is 17.6 Å². The van der Waals surface area contributed by atoms with Gasteiger partial charge in [-0.25, -0.2) is 0 Å². The van der Waals surface area contributed by atoms with E-state index < -0.39 is 17.6 Å². The van der Waals surface area contributed by atoms with E-state index in [9.17, 15) is 22.8 Å². The van der Waals surface area contributed by atoms with Crippen LogP contribution in [0.25, 0.3) is 0 Å². The van der Waals surface area contributed by atoms with E-state index in [1.54, 1.807) is 35.9 Å². The number of hydrogen-bond donors (Lipinski definition) is 2. The van der Waals surface area contributed by atoms with Gasteiger partial charge in [0.15, 0.2) is 5.16 Å². The predicted octanol–water partition coefficient (Wildman–Crippen LogP) is 4.95. The molecular formula is C21H18BrClF3N5O2S. The number of anilines is 1. The Hall–Kier alpha value is -2.57. The number of rotatable bonds is 8. The number of carbonyl (C=O) groups is 2. The first-order valence-corrected chi connectivity index (χ1v) is 11.9. The summed E-state index contributed by atoms with van der Waals surface area (Å²) >= 11 is 10.3. The summed E-state index contributed by atoms with van der Waals surface area (Å²) in [6, 6.07) is 9.67. The first-order chi connectivity index (χ1) is 16.0. The molecule has 1 heterocycles. The lowest BCUT2D eigenvalue weighted by Gasteiger charge is -2.11. The van der Waals surface area contributed by atoms with Crippen molar-refractivity contribution >= 4 is 56.8 Å². The van der Waals surface area contributed by atoms with Crippen LogP contribution in [0.15, 0.2) is 52.1 Å². The quantitative estimate of drug-likeness (QED) is 0.371. The molecule has 3 aromatic rings. The number of nitrogens with zero attached hydrogens (tertiary/aromatic N) is 3. The van der Waals surface area contributed by atoms with E-state index in [2.05, 4.69) is 36.8 Å². The number of nitrogens with one attached hydrogen (secondary N) is 2. The van der Waals surface area contributed by atoms with Crippen LogP contribution in [0.2, 0.25) is 5.02 Å². The number of aromatic nitrogens is 3. The molecule has 0 radical (unpaired) electrons. The minimum atomic E-state index is -4.55. The van der Waals surface area contributed by atoms with Gasteiger partial charge in [0, 0.05) is 30.0 Å². The highest BCUT2D eigenvalue weighted by Gasteiger charge is 2.31. The van der Waals surface area contributed by atoms with Crippen LogP contribution in [-0.2, 0) is 24.4 Å². The molecular weight excluding hydrogens is 559 g/mol. The molecule has 7 nitrogen and oxygen atoms in total. The van der Waals surface area contributed by atoms with Crippen molar-refractivity contribution in [3.05, 3.63) is 68.9 Å². The molecule has 3 rings (SSSR count). The lowest BCUT2D eigenvalue weighted by molar-refractivity contribution is -0.137. The van der Waals surface area contributed by atoms with Crippen molar-refractivity contribution < 1.29 is 22.8 Å². The smallest absolute Gasteiger partial charge is 0.352 e. The molecule has 0 aliphatic heterocycles. The van der Waals surface area contributed by atoms with Gasteiger partial charge in [0.1, 0.15) is 5.82 Å². The molecule has 0 aliphatic carbocycles. The van der Waals surface area contributed by atoms with Gasteiger partial charge in [0.2, 0.25) is 5.91 Å². The Labute approximate surface area is 210 Å². The van der Waals surface area contributed by atoms with Crippen molar-refractivity contribution in [3.63, 3.8) is 0 Å². The number of thioether (sulfide) groups is 1. The molecule has 0 saturated heterocycles. The second kappa shape index (κ2) is 11.2. The molecule has 0 spiro atoms. The Morgan fingerprint density at radius 1 is 1.15 bits per heavy atom. The number of amides is 2. The minimum Gasteiger partial charge on any atom is -0.352 e. The minimum absolute atomic E-state index is 0.00233. The third-order valence-corrected chi connectivity index (χ3v) is 6.44. The van der Waals surface area contributed by atoms with Gasteiger partial charge in [-0.05, 0) is 42.5 Å². The van der Waals surface area contributed by atoms with Crippen LogP contribution in [0.3, 0.4) is 0 Å². The highest BCUT2D eigenvalue weighted by atomic mass is 79.9. The van der Waals surface area contributed by atoms with Gasteiger partial charge < -0.3 is 15.2 Å². The van der Waals surface area contributed by atoms with Crippen LogP contribution < -0.4 is 10.6 Å². The van der Waals surface area contributed by atoms with E-state index in [4.69, 9.17) is 11.6 Å². The summed E-state index contributed by atoms with van der Waals surface area (Å²) in [6.45, 7) is 0.333. The highest BCUT2D eigenvalue weighted by Crippen LogP contribution is 2.34. The van der Waals surface area contributed by atoms with Gasteiger partial charge in [0.05, 0.1) is 22.0 Å². The zero-order chi connectivity index (χ0) is 24.9. The van der Waals surface area contributed by atoms with Crippen molar-refractivity contribution in [1.29, 1.82) is 0 Å². The maximum absolute atomic E-state index is 12.9. The molecule has 34 heavy (non-hydrogen) atoms. The Morgan fingerprint density at radius 3 is 2.53 bits per heavy atom. The first kappa shape index (κ1) is 26.0. The molecule has 1 aromatic heterocycles. The van der Waals surface area contributed by atoms with Gasteiger partial charge in [-0.1, -0.05) is 39.3 Å². The molecule has 2 N–H and O–H groups in total. The van der Waals surface area contributed by atoms with Crippen molar-refractivity contribution in [3.8, 4) is 0 Å². The van der Waals surface area contributed by atoms with Crippen molar-refractivity contribution in [2.45, 2.75) is 17.8 Å². The van der Waals surface area contributed by atoms with Crippen LogP contribution in [0.1, 0.15) is 21.7 Å². The fourth-order valence-corrected chi connectivity index (χ4v) is 3.95. The maximum Gasteiger partial charge on any atom is 0.416 e. The van der Waals surface area contributed by atoms with E-state index in [0.717, 1.165) is 34.4 Å². The summed E-state index contributed by atoms with van der Waals surface area (Å²) in [5.41, 5.74) is -0.503. The average Bonchev–Trinajstić information content (AvgIpc) is 3.13. The van der Waals surface area contributed by atoms with E-state index in [1.807, 2.05) is 0 Å². The summed E-state index contributed by atoms with van der Waals surface area (Å²) < 4.78 is 41.2. The van der Waals surface area contributed by atoms with Crippen LogP contribution in [0.5, 0.6) is 0 Å². The van der Waals surface area contributed by atoms with Crippen LogP contribution >= 0.6 is 39.3 Å². The fraction of sp³-hybridized carbons (Fsp3) is 0.238. The molecule has 13 heteroatoms.